The van der Waals surface area contributed by atoms with Gasteiger partial charge in [-0.15, -0.1) is 0 Å². The third kappa shape index (κ3) is 15.6. The molecule has 2 aliphatic carbocycles. The molecule has 7 unspecified atom stereocenters. The van der Waals surface area contributed by atoms with Gasteiger partial charge < -0.3 is 0 Å². The fourth-order valence-corrected chi connectivity index (χ4v) is 6.42. The smallest absolute Gasteiger partial charge is 0.0363 e. The summed E-state index contributed by atoms with van der Waals surface area (Å²) in [5, 5.41) is 0. The molecule has 0 heterocycles. The predicted octanol–water partition coefficient (Wildman–Crippen LogP) is 12.3. The van der Waals surface area contributed by atoms with Crippen molar-refractivity contribution in [2.24, 2.45) is 52.8 Å². The first-order valence-corrected chi connectivity index (χ1v) is 15.0. The fourth-order valence-electron chi connectivity index (χ4n) is 6.42. The van der Waals surface area contributed by atoms with E-state index in [1.807, 2.05) is 27.7 Å². The summed E-state index contributed by atoms with van der Waals surface area (Å²) in [6.07, 6.45) is 13.1. The van der Waals surface area contributed by atoms with Crippen molar-refractivity contribution in [2.45, 2.75) is 162 Å². The van der Waals surface area contributed by atoms with Gasteiger partial charge in [0.1, 0.15) is 0 Å². The molecular weight excluding hydrogens is 396 g/mol. The van der Waals surface area contributed by atoms with Crippen molar-refractivity contribution < 1.29 is 0 Å². The second-order valence-electron chi connectivity index (χ2n) is 12.5. The van der Waals surface area contributed by atoms with E-state index in [2.05, 4.69) is 69.2 Å². The molecule has 2 saturated carbocycles. The van der Waals surface area contributed by atoms with Gasteiger partial charge in [0.25, 0.3) is 0 Å². The SMILES string of the molecule is C.CC.CC.CCC(C)C1CCC(C(C)CC(C)(C)C)C1.CCC1CC(C)CCC1C(C)C. The summed E-state index contributed by atoms with van der Waals surface area (Å²) < 4.78 is 0. The molecule has 0 aromatic heterocycles. The maximum atomic E-state index is 2.48. The van der Waals surface area contributed by atoms with Crippen molar-refractivity contribution >= 4 is 0 Å². The Morgan fingerprint density at radius 1 is 0.727 bits per heavy atom. The lowest BCUT2D eigenvalue weighted by molar-refractivity contribution is 0.140. The van der Waals surface area contributed by atoms with Gasteiger partial charge in [0.15, 0.2) is 0 Å². The summed E-state index contributed by atoms with van der Waals surface area (Å²) in [6.45, 7) is 32.0. The summed E-state index contributed by atoms with van der Waals surface area (Å²) in [4.78, 5) is 0. The monoisotopic (exact) mass is 469 g/mol. The molecule has 0 nitrogen and oxygen atoms in total. The number of rotatable bonds is 6. The molecule has 0 aromatic carbocycles. The zero-order valence-electron chi connectivity index (χ0n) is 25.5. The van der Waals surface area contributed by atoms with Gasteiger partial charge in [0.2, 0.25) is 0 Å². The third-order valence-corrected chi connectivity index (χ3v) is 8.39. The van der Waals surface area contributed by atoms with E-state index in [-0.39, 0.29) is 7.43 Å². The standard InChI is InChI=1S/C16H32.C12H24.2C2H6.CH4/c1-7-12(2)14-8-9-15(10-14)13(3)11-16(4,5)6;1-5-11-8-10(4)6-7-12(11)9(2)3;2*1-2;/h12-15H,7-11H2,1-6H3;9-12H,5-8H2,1-4H3;2*1-2H3;1H4. The Labute approximate surface area is 214 Å². The molecule has 33 heavy (non-hydrogen) atoms. The van der Waals surface area contributed by atoms with Crippen molar-refractivity contribution in [3.63, 3.8) is 0 Å². The topological polar surface area (TPSA) is 0 Å². The van der Waals surface area contributed by atoms with Gasteiger partial charge in [0.05, 0.1) is 0 Å². The first-order chi connectivity index (χ1) is 15.0. The van der Waals surface area contributed by atoms with Gasteiger partial charge in [-0.25, -0.2) is 0 Å². The molecule has 0 aliphatic heterocycles. The summed E-state index contributed by atoms with van der Waals surface area (Å²) in [7, 11) is 0. The van der Waals surface area contributed by atoms with E-state index >= 15 is 0 Å². The van der Waals surface area contributed by atoms with Crippen LogP contribution >= 0.6 is 0 Å². The van der Waals surface area contributed by atoms with Crippen LogP contribution in [0.3, 0.4) is 0 Å². The number of hydrogen-bond donors (Lipinski definition) is 0. The minimum Gasteiger partial charge on any atom is -0.0776 e. The molecule has 0 bridgehead atoms. The van der Waals surface area contributed by atoms with Crippen LogP contribution in [-0.2, 0) is 0 Å². The minimum absolute atomic E-state index is 0. The van der Waals surface area contributed by atoms with Crippen LogP contribution in [0.25, 0.3) is 0 Å². The Morgan fingerprint density at radius 2 is 1.21 bits per heavy atom. The van der Waals surface area contributed by atoms with Crippen LogP contribution in [0.5, 0.6) is 0 Å². The lowest BCUT2D eigenvalue weighted by atomic mass is 9.69. The summed E-state index contributed by atoms with van der Waals surface area (Å²) >= 11 is 0. The van der Waals surface area contributed by atoms with Crippen molar-refractivity contribution in [1.29, 1.82) is 0 Å². The molecular formula is C33H72. The first-order valence-electron chi connectivity index (χ1n) is 15.0. The Balaban J connectivity index is -0.000000473. The molecule has 204 valence electrons. The zero-order valence-corrected chi connectivity index (χ0v) is 25.5. The average molecular weight is 469 g/mol. The average Bonchev–Trinajstić information content (AvgIpc) is 3.25. The molecule has 0 radical (unpaired) electrons. The van der Waals surface area contributed by atoms with Crippen molar-refractivity contribution in [1.82, 2.24) is 0 Å². The lowest BCUT2D eigenvalue weighted by Gasteiger charge is -2.36. The summed E-state index contributed by atoms with van der Waals surface area (Å²) in [6, 6.07) is 0. The molecule has 7 atom stereocenters. The van der Waals surface area contributed by atoms with Crippen LogP contribution in [0.4, 0.5) is 0 Å². The van der Waals surface area contributed by atoms with E-state index in [1.54, 1.807) is 0 Å². The van der Waals surface area contributed by atoms with E-state index < -0.39 is 0 Å². The van der Waals surface area contributed by atoms with Gasteiger partial charge in [-0.05, 0) is 91.3 Å². The van der Waals surface area contributed by atoms with Gasteiger partial charge in [0, 0.05) is 0 Å². The molecule has 0 saturated heterocycles. The third-order valence-electron chi connectivity index (χ3n) is 8.39. The van der Waals surface area contributed by atoms with Crippen LogP contribution in [-0.4, -0.2) is 0 Å². The molecule has 0 heteroatoms. The van der Waals surface area contributed by atoms with E-state index in [9.17, 15) is 0 Å². The highest BCUT2D eigenvalue weighted by Gasteiger charge is 2.32. The summed E-state index contributed by atoms with van der Waals surface area (Å²) in [5.41, 5.74) is 0.508. The second kappa shape index (κ2) is 20.2. The van der Waals surface area contributed by atoms with E-state index in [1.165, 1.54) is 57.8 Å². The van der Waals surface area contributed by atoms with Crippen molar-refractivity contribution in [2.75, 3.05) is 0 Å². The Kier molecular flexibility index (Phi) is 23.0. The number of hydrogen-bond acceptors (Lipinski definition) is 0. The van der Waals surface area contributed by atoms with Crippen LogP contribution in [0.15, 0.2) is 0 Å². The van der Waals surface area contributed by atoms with Gasteiger partial charge >= 0.3 is 0 Å². The quantitative estimate of drug-likeness (QED) is 0.363. The fraction of sp³-hybridized carbons (Fsp3) is 1.00. The molecule has 2 fully saturated rings. The van der Waals surface area contributed by atoms with Crippen LogP contribution < -0.4 is 0 Å². The van der Waals surface area contributed by atoms with Crippen LogP contribution in [0, 0.1) is 52.8 Å². The van der Waals surface area contributed by atoms with Crippen LogP contribution in [0.1, 0.15) is 162 Å². The highest BCUT2D eigenvalue weighted by molar-refractivity contribution is 4.83. The molecule has 2 aliphatic rings. The Morgan fingerprint density at radius 3 is 1.61 bits per heavy atom. The minimum atomic E-state index is 0. The maximum Gasteiger partial charge on any atom is -0.0363 e. The predicted molar refractivity (Wildman–Crippen MR) is 158 cm³/mol. The first kappa shape index (κ1) is 37.5. The molecule has 0 spiro atoms. The van der Waals surface area contributed by atoms with Crippen molar-refractivity contribution in [3.8, 4) is 0 Å². The van der Waals surface area contributed by atoms with E-state index in [0.717, 1.165) is 47.3 Å². The van der Waals surface area contributed by atoms with Gasteiger partial charge in [-0.1, -0.05) is 124 Å². The van der Waals surface area contributed by atoms with Crippen molar-refractivity contribution in [3.05, 3.63) is 0 Å². The summed E-state index contributed by atoms with van der Waals surface area (Å²) in [5.74, 6) is 7.85. The molecule has 0 amide bonds. The molecule has 0 N–H and O–H groups in total. The molecule has 2 rings (SSSR count). The highest BCUT2D eigenvalue weighted by atomic mass is 14.4. The van der Waals surface area contributed by atoms with E-state index in [4.69, 9.17) is 0 Å². The second-order valence-corrected chi connectivity index (χ2v) is 12.5. The van der Waals surface area contributed by atoms with Crippen LogP contribution in [0.2, 0.25) is 0 Å². The largest absolute Gasteiger partial charge is 0.0776 e. The normalized spacial score (nSPS) is 28.6. The van der Waals surface area contributed by atoms with E-state index in [0.29, 0.717) is 5.41 Å². The maximum absolute atomic E-state index is 2.48. The molecule has 0 aromatic rings. The van der Waals surface area contributed by atoms with Gasteiger partial charge in [-0.3, -0.25) is 0 Å². The Bertz CT molecular complexity index is 401. The zero-order chi connectivity index (χ0) is 25.5. The lowest BCUT2D eigenvalue weighted by Crippen LogP contribution is -2.26. The van der Waals surface area contributed by atoms with Gasteiger partial charge in [-0.2, -0.15) is 0 Å². The Hall–Kier alpha value is 0. The highest BCUT2D eigenvalue weighted by Crippen LogP contribution is 2.43.